The van der Waals surface area contributed by atoms with Gasteiger partial charge in [-0.15, -0.1) is 0 Å². The molecule has 112 valence electrons. The Morgan fingerprint density at radius 2 is 2.18 bits per heavy atom. The molecule has 0 unspecified atom stereocenters. The number of amides is 1. The van der Waals surface area contributed by atoms with Gasteiger partial charge in [-0.3, -0.25) is 14.6 Å². The molecule has 1 aromatic carbocycles. The average Bonchev–Trinajstić information content (AvgIpc) is 3.03. The Labute approximate surface area is 127 Å². The Morgan fingerprint density at radius 3 is 3.09 bits per heavy atom. The number of hydrogen-bond donors (Lipinski definition) is 1. The van der Waals surface area contributed by atoms with E-state index in [1.807, 2.05) is 47.1 Å². The molecular formula is C16H17N5O. The van der Waals surface area contributed by atoms with E-state index in [-0.39, 0.29) is 5.91 Å². The molecule has 6 heteroatoms. The van der Waals surface area contributed by atoms with Crippen LogP contribution in [0.3, 0.4) is 0 Å². The zero-order valence-corrected chi connectivity index (χ0v) is 12.4. The molecule has 1 aliphatic rings. The minimum absolute atomic E-state index is 0.0193. The van der Waals surface area contributed by atoms with Crippen molar-refractivity contribution in [2.75, 3.05) is 6.54 Å². The molecule has 0 aliphatic carbocycles. The van der Waals surface area contributed by atoms with Crippen molar-refractivity contribution in [3.05, 3.63) is 47.4 Å². The quantitative estimate of drug-likeness (QED) is 0.745. The van der Waals surface area contributed by atoms with Crippen molar-refractivity contribution in [2.24, 2.45) is 7.05 Å². The van der Waals surface area contributed by atoms with E-state index >= 15 is 0 Å². The number of fused-ring (bicyclic) bond motifs is 2. The first kappa shape index (κ1) is 13.1. The number of para-hydroxylation sites is 1. The average molecular weight is 295 g/mol. The minimum Gasteiger partial charge on any atom is -0.333 e. The fourth-order valence-electron chi connectivity index (χ4n) is 3.13. The number of benzene rings is 1. The largest absolute Gasteiger partial charge is 0.333 e. The number of rotatable bonds is 1. The van der Waals surface area contributed by atoms with Crippen molar-refractivity contribution in [3.8, 4) is 0 Å². The highest BCUT2D eigenvalue weighted by Gasteiger charge is 2.25. The SMILES string of the molecule is Cn1ncc2c1CCCN(C(=O)c1n[nH]c3ccccc13)C2. The molecule has 0 saturated carbocycles. The standard InChI is InChI=1S/C16H17N5O/c1-20-14-7-4-8-21(10-11(14)9-17-20)16(22)15-12-5-2-3-6-13(12)18-19-15/h2-3,5-6,9H,4,7-8,10H2,1H3,(H,18,19). The summed E-state index contributed by atoms with van der Waals surface area (Å²) >= 11 is 0. The molecule has 1 aliphatic heterocycles. The number of H-pyrrole nitrogens is 1. The van der Waals surface area contributed by atoms with Crippen LogP contribution in [0, 0.1) is 0 Å². The van der Waals surface area contributed by atoms with Crippen LogP contribution in [0.2, 0.25) is 0 Å². The van der Waals surface area contributed by atoms with Crippen molar-refractivity contribution in [2.45, 2.75) is 19.4 Å². The summed E-state index contributed by atoms with van der Waals surface area (Å²) < 4.78 is 1.91. The zero-order chi connectivity index (χ0) is 15.1. The molecule has 0 spiro atoms. The van der Waals surface area contributed by atoms with E-state index in [9.17, 15) is 4.79 Å². The number of carbonyl (C=O) groups is 1. The van der Waals surface area contributed by atoms with Gasteiger partial charge in [-0.25, -0.2) is 0 Å². The number of carbonyl (C=O) groups excluding carboxylic acids is 1. The van der Waals surface area contributed by atoms with Crippen molar-refractivity contribution in [1.29, 1.82) is 0 Å². The first-order valence-electron chi connectivity index (χ1n) is 7.46. The van der Waals surface area contributed by atoms with Gasteiger partial charge in [0.05, 0.1) is 11.7 Å². The Kier molecular flexibility index (Phi) is 2.96. The van der Waals surface area contributed by atoms with Crippen molar-refractivity contribution in [1.82, 2.24) is 24.9 Å². The fraction of sp³-hybridized carbons (Fsp3) is 0.312. The number of aromatic amines is 1. The Hall–Kier alpha value is -2.63. The number of aromatic nitrogens is 4. The monoisotopic (exact) mass is 295 g/mol. The molecular weight excluding hydrogens is 278 g/mol. The van der Waals surface area contributed by atoms with Crippen LogP contribution in [-0.4, -0.2) is 37.3 Å². The van der Waals surface area contributed by atoms with Crippen molar-refractivity contribution in [3.63, 3.8) is 0 Å². The van der Waals surface area contributed by atoms with E-state index in [1.54, 1.807) is 0 Å². The first-order valence-corrected chi connectivity index (χ1v) is 7.46. The summed E-state index contributed by atoms with van der Waals surface area (Å²) in [7, 11) is 1.96. The van der Waals surface area contributed by atoms with Crippen LogP contribution in [0.15, 0.2) is 30.5 Å². The van der Waals surface area contributed by atoms with Gasteiger partial charge in [0, 0.05) is 36.8 Å². The van der Waals surface area contributed by atoms with Gasteiger partial charge in [-0.05, 0) is 18.9 Å². The maximum absolute atomic E-state index is 12.9. The Bertz CT molecular complexity index is 847. The lowest BCUT2D eigenvalue weighted by Gasteiger charge is -2.19. The summed E-state index contributed by atoms with van der Waals surface area (Å²) in [5.74, 6) is -0.0193. The van der Waals surface area contributed by atoms with E-state index in [4.69, 9.17) is 0 Å². The third-order valence-corrected chi connectivity index (χ3v) is 4.31. The highest BCUT2D eigenvalue weighted by molar-refractivity contribution is 6.04. The molecule has 1 N–H and O–H groups in total. The predicted molar refractivity (Wildman–Crippen MR) is 82.4 cm³/mol. The van der Waals surface area contributed by atoms with Crippen LogP contribution in [0.4, 0.5) is 0 Å². The number of hydrogen-bond acceptors (Lipinski definition) is 3. The van der Waals surface area contributed by atoms with Crippen molar-refractivity contribution >= 4 is 16.8 Å². The molecule has 0 radical (unpaired) electrons. The molecule has 2 aromatic heterocycles. The van der Waals surface area contributed by atoms with E-state index in [0.29, 0.717) is 12.2 Å². The lowest BCUT2D eigenvalue weighted by molar-refractivity contribution is 0.0742. The van der Waals surface area contributed by atoms with Crippen LogP contribution in [0.5, 0.6) is 0 Å². The summed E-state index contributed by atoms with van der Waals surface area (Å²) in [4.78, 5) is 14.7. The first-order chi connectivity index (χ1) is 10.7. The molecule has 0 fully saturated rings. The summed E-state index contributed by atoms with van der Waals surface area (Å²) in [6, 6.07) is 7.72. The van der Waals surface area contributed by atoms with Crippen LogP contribution in [0.25, 0.3) is 10.9 Å². The third kappa shape index (κ3) is 1.99. The second-order valence-electron chi connectivity index (χ2n) is 5.69. The number of nitrogens with zero attached hydrogens (tertiary/aromatic N) is 4. The molecule has 0 saturated heterocycles. The van der Waals surface area contributed by atoms with E-state index < -0.39 is 0 Å². The van der Waals surface area contributed by atoms with Gasteiger partial charge in [0.15, 0.2) is 5.69 Å². The van der Waals surface area contributed by atoms with Gasteiger partial charge in [-0.2, -0.15) is 10.2 Å². The Morgan fingerprint density at radius 1 is 1.32 bits per heavy atom. The second kappa shape index (κ2) is 4.98. The maximum Gasteiger partial charge on any atom is 0.275 e. The van der Waals surface area contributed by atoms with Gasteiger partial charge in [0.25, 0.3) is 5.91 Å². The molecule has 1 amide bonds. The van der Waals surface area contributed by atoms with Gasteiger partial charge in [0.1, 0.15) is 0 Å². The third-order valence-electron chi connectivity index (χ3n) is 4.31. The van der Waals surface area contributed by atoms with Gasteiger partial charge in [0.2, 0.25) is 0 Å². The van der Waals surface area contributed by atoms with Crippen molar-refractivity contribution < 1.29 is 4.79 Å². The van der Waals surface area contributed by atoms with E-state index in [1.165, 1.54) is 5.69 Å². The molecule has 3 heterocycles. The predicted octanol–water partition coefficient (Wildman–Crippen LogP) is 1.88. The Balaban J connectivity index is 1.68. The normalized spacial score (nSPS) is 14.9. The van der Waals surface area contributed by atoms with Gasteiger partial charge < -0.3 is 4.90 Å². The van der Waals surface area contributed by atoms with Crippen LogP contribution in [0.1, 0.15) is 28.2 Å². The van der Waals surface area contributed by atoms with E-state index in [0.717, 1.165) is 35.9 Å². The highest BCUT2D eigenvalue weighted by atomic mass is 16.2. The molecule has 22 heavy (non-hydrogen) atoms. The summed E-state index contributed by atoms with van der Waals surface area (Å²) in [6.45, 7) is 1.35. The van der Waals surface area contributed by atoms with Crippen LogP contribution in [-0.2, 0) is 20.0 Å². The number of aryl methyl sites for hydroxylation is 1. The zero-order valence-electron chi connectivity index (χ0n) is 12.4. The fourth-order valence-corrected chi connectivity index (χ4v) is 3.13. The highest BCUT2D eigenvalue weighted by Crippen LogP contribution is 2.22. The second-order valence-corrected chi connectivity index (χ2v) is 5.69. The van der Waals surface area contributed by atoms with Crippen LogP contribution < -0.4 is 0 Å². The summed E-state index contributed by atoms with van der Waals surface area (Å²) in [5, 5.41) is 12.3. The van der Waals surface area contributed by atoms with E-state index in [2.05, 4.69) is 15.3 Å². The maximum atomic E-state index is 12.9. The topological polar surface area (TPSA) is 66.8 Å². The molecule has 0 bridgehead atoms. The summed E-state index contributed by atoms with van der Waals surface area (Å²) in [6.07, 6.45) is 3.77. The lowest BCUT2D eigenvalue weighted by Crippen LogP contribution is -2.31. The smallest absolute Gasteiger partial charge is 0.275 e. The molecule has 4 rings (SSSR count). The molecule has 0 atom stereocenters. The lowest BCUT2D eigenvalue weighted by atomic mass is 10.2. The summed E-state index contributed by atoms with van der Waals surface area (Å²) in [5.41, 5.74) is 3.75. The molecule has 3 aromatic rings. The molecule has 6 nitrogen and oxygen atoms in total. The van der Waals surface area contributed by atoms with Crippen LogP contribution >= 0.6 is 0 Å². The minimum atomic E-state index is -0.0193. The van der Waals surface area contributed by atoms with Gasteiger partial charge >= 0.3 is 0 Å². The number of nitrogens with one attached hydrogen (secondary N) is 1. The van der Waals surface area contributed by atoms with Gasteiger partial charge in [-0.1, -0.05) is 18.2 Å².